The lowest BCUT2D eigenvalue weighted by atomic mass is 10.0. The molecule has 4 rings (SSSR count). The third-order valence-electron chi connectivity index (χ3n) is 4.68. The monoisotopic (exact) mass is 420 g/mol. The SMILES string of the molecule is Cl.Cl.Fc1ccc(-c2cncc(CNCC3CCc4ccccc4O3)c2)cc1. The molecule has 0 spiro atoms. The first kappa shape index (κ1) is 22.2. The Balaban J connectivity index is 0.00000140. The van der Waals surface area contributed by atoms with Crippen molar-refractivity contribution in [3.8, 4) is 16.9 Å². The Labute approximate surface area is 177 Å². The van der Waals surface area contributed by atoms with Crippen LogP contribution in [-0.4, -0.2) is 17.6 Å². The number of nitrogens with zero attached hydrogens (tertiary/aromatic N) is 1. The largest absolute Gasteiger partial charge is 0.489 e. The quantitative estimate of drug-likeness (QED) is 0.614. The van der Waals surface area contributed by atoms with Crippen LogP contribution in [0.2, 0.25) is 0 Å². The molecule has 0 amide bonds. The van der Waals surface area contributed by atoms with Gasteiger partial charge in [-0.1, -0.05) is 30.3 Å². The van der Waals surface area contributed by atoms with Gasteiger partial charge >= 0.3 is 0 Å². The Bertz CT molecular complexity index is 890. The number of aromatic nitrogens is 1. The highest BCUT2D eigenvalue weighted by molar-refractivity contribution is 5.85. The summed E-state index contributed by atoms with van der Waals surface area (Å²) in [6, 6.07) is 16.8. The molecule has 2 aromatic carbocycles. The smallest absolute Gasteiger partial charge is 0.123 e. The highest BCUT2D eigenvalue weighted by Crippen LogP contribution is 2.26. The van der Waals surface area contributed by atoms with Crippen molar-refractivity contribution in [3.05, 3.63) is 83.9 Å². The summed E-state index contributed by atoms with van der Waals surface area (Å²) in [5.41, 5.74) is 4.35. The van der Waals surface area contributed by atoms with E-state index in [4.69, 9.17) is 4.74 Å². The first-order chi connectivity index (χ1) is 12.8. The molecule has 3 aromatic rings. The van der Waals surface area contributed by atoms with E-state index in [1.165, 1.54) is 17.7 Å². The van der Waals surface area contributed by atoms with E-state index in [2.05, 4.69) is 28.5 Å². The maximum absolute atomic E-state index is 13.1. The Morgan fingerprint density at radius 1 is 1.00 bits per heavy atom. The van der Waals surface area contributed by atoms with Gasteiger partial charge in [-0.25, -0.2) is 4.39 Å². The predicted molar refractivity (Wildman–Crippen MR) is 115 cm³/mol. The van der Waals surface area contributed by atoms with Crippen LogP contribution in [0, 0.1) is 5.82 Å². The second kappa shape index (κ2) is 10.4. The van der Waals surface area contributed by atoms with E-state index in [1.54, 1.807) is 18.3 Å². The Morgan fingerprint density at radius 3 is 2.61 bits per heavy atom. The van der Waals surface area contributed by atoms with Crippen LogP contribution in [0.4, 0.5) is 4.39 Å². The summed E-state index contributed by atoms with van der Waals surface area (Å²) < 4.78 is 19.1. The molecule has 3 nitrogen and oxygen atoms in total. The van der Waals surface area contributed by atoms with Crippen LogP contribution in [0.15, 0.2) is 67.0 Å². The number of halogens is 3. The molecule has 0 bridgehead atoms. The number of fused-ring (bicyclic) bond motifs is 1. The zero-order valence-electron chi connectivity index (χ0n) is 15.3. The van der Waals surface area contributed by atoms with Gasteiger partial charge in [-0.2, -0.15) is 0 Å². The zero-order chi connectivity index (χ0) is 17.8. The molecule has 1 aliphatic rings. The second-order valence-electron chi connectivity index (χ2n) is 6.61. The van der Waals surface area contributed by atoms with E-state index < -0.39 is 0 Å². The Morgan fingerprint density at radius 2 is 1.79 bits per heavy atom. The van der Waals surface area contributed by atoms with Gasteiger partial charge in [0, 0.05) is 31.0 Å². The van der Waals surface area contributed by atoms with Crippen molar-refractivity contribution < 1.29 is 9.13 Å². The number of rotatable bonds is 5. The van der Waals surface area contributed by atoms with Crippen LogP contribution in [0.1, 0.15) is 17.5 Å². The average molecular weight is 421 g/mol. The number of para-hydroxylation sites is 1. The lowest BCUT2D eigenvalue weighted by Crippen LogP contribution is -2.33. The molecule has 0 saturated carbocycles. The summed E-state index contributed by atoms with van der Waals surface area (Å²) in [7, 11) is 0. The Kier molecular flexibility index (Phi) is 8.24. The molecule has 28 heavy (non-hydrogen) atoms. The van der Waals surface area contributed by atoms with Crippen molar-refractivity contribution in [2.75, 3.05) is 6.54 Å². The van der Waals surface area contributed by atoms with E-state index >= 15 is 0 Å². The fourth-order valence-electron chi connectivity index (χ4n) is 3.29. The predicted octanol–water partition coefficient (Wildman–Crippen LogP) is 5.21. The molecule has 1 atom stereocenters. The van der Waals surface area contributed by atoms with Gasteiger partial charge < -0.3 is 10.1 Å². The van der Waals surface area contributed by atoms with Crippen LogP contribution < -0.4 is 10.1 Å². The average Bonchev–Trinajstić information content (AvgIpc) is 2.69. The lowest BCUT2D eigenvalue weighted by molar-refractivity contribution is 0.170. The zero-order valence-corrected chi connectivity index (χ0v) is 16.9. The van der Waals surface area contributed by atoms with Crippen molar-refractivity contribution >= 4 is 24.8 Å². The van der Waals surface area contributed by atoms with Gasteiger partial charge in [0.05, 0.1) is 0 Å². The van der Waals surface area contributed by atoms with Gasteiger partial charge in [0.1, 0.15) is 17.7 Å². The van der Waals surface area contributed by atoms with Crippen LogP contribution in [-0.2, 0) is 13.0 Å². The minimum atomic E-state index is -0.228. The van der Waals surface area contributed by atoms with Crippen LogP contribution in [0.25, 0.3) is 11.1 Å². The molecule has 1 aromatic heterocycles. The number of aryl methyl sites for hydroxylation is 1. The standard InChI is InChI=1S/C22H21FN2O.2ClH/c23-20-8-5-17(6-9-20)19-11-16(12-24-14-19)13-25-15-21-10-7-18-3-1-2-4-22(18)26-21;;/h1-6,8-9,11-12,14,21,25H,7,10,13,15H2;2*1H. The normalized spacial score (nSPS) is 14.8. The van der Waals surface area contributed by atoms with Crippen molar-refractivity contribution in [1.82, 2.24) is 10.3 Å². The third-order valence-corrected chi connectivity index (χ3v) is 4.68. The van der Waals surface area contributed by atoms with Gasteiger partial charge in [0.25, 0.3) is 0 Å². The first-order valence-corrected chi connectivity index (χ1v) is 8.93. The van der Waals surface area contributed by atoms with Crippen LogP contribution in [0.3, 0.4) is 0 Å². The summed E-state index contributed by atoms with van der Waals surface area (Å²) in [4.78, 5) is 4.31. The van der Waals surface area contributed by atoms with Crippen LogP contribution in [0.5, 0.6) is 5.75 Å². The van der Waals surface area contributed by atoms with E-state index in [1.807, 2.05) is 18.3 Å². The summed E-state index contributed by atoms with van der Waals surface area (Å²) >= 11 is 0. The van der Waals surface area contributed by atoms with Gasteiger partial charge in [-0.3, -0.25) is 4.98 Å². The fourth-order valence-corrected chi connectivity index (χ4v) is 3.29. The van der Waals surface area contributed by atoms with Gasteiger partial charge in [-0.15, -0.1) is 24.8 Å². The number of nitrogens with one attached hydrogen (secondary N) is 1. The van der Waals surface area contributed by atoms with E-state index in [-0.39, 0.29) is 36.7 Å². The van der Waals surface area contributed by atoms with Gasteiger partial charge in [0.2, 0.25) is 0 Å². The van der Waals surface area contributed by atoms with Crippen molar-refractivity contribution in [2.45, 2.75) is 25.5 Å². The highest BCUT2D eigenvalue weighted by atomic mass is 35.5. The molecule has 0 saturated heterocycles. The summed E-state index contributed by atoms with van der Waals surface area (Å²) in [6.07, 6.45) is 5.94. The second-order valence-corrected chi connectivity index (χ2v) is 6.61. The molecule has 1 unspecified atom stereocenters. The van der Waals surface area contributed by atoms with E-state index in [0.717, 1.165) is 48.4 Å². The number of hydrogen-bond acceptors (Lipinski definition) is 3. The first-order valence-electron chi connectivity index (χ1n) is 8.93. The molecule has 0 radical (unpaired) electrons. The molecule has 1 N–H and O–H groups in total. The topological polar surface area (TPSA) is 34.2 Å². The molecule has 0 fully saturated rings. The maximum Gasteiger partial charge on any atom is 0.123 e. The number of hydrogen-bond donors (Lipinski definition) is 1. The number of ether oxygens (including phenoxy) is 1. The molecule has 0 aliphatic carbocycles. The Hall–Kier alpha value is -2.14. The van der Waals surface area contributed by atoms with Gasteiger partial charge in [0.15, 0.2) is 0 Å². The molecule has 1 aliphatic heterocycles. The number of benzene rings is 2. The lowest BCUT2D eigenvalue weighted by Gasteiger charge is -2.26. The van der Waals surface area contributed by atoms with Crippen molar-refractivity contribution in [2.24, 2.45) is 0 Å². The summed E-state index contributed by atoms with van der Waals surface area (Å²) in [6.45, 7) is 1.53. The fraction of sp³-hybridized carbons (Fsp3) is 0.227. The van der Waals surface area contributed by atoms with Gasteiger partial charge in [-0.05, 0) is 53.8 Å². The number of pyridine rings is 1. The van der Waals surface area contributed by atoms with E-state index in [9.17, 15) is 4.39 Å². The van der Waals surface area contributed by atoms with E-state index in [0.29, 0.717) is 0 Å². The minimum absolute atomic E-state index is 0. The maximum atomic E-state index is 13.1. The highest BCUT2D eigenvalue weighted by Gasteiger charge is 2.18. The molecular weight excluding hydrogens is 398 g/mol. The molecular formula is C22H23Cl2FN2O. The van der Waals surface area contributed by atoms with Crippen molar-refractivity contribution in [3.63, 3.8) is 0 Å². The molecule has 6 heteroatoms. The molecule has 2 heterocycles. The summed E-state index contributed by atoms with van der Waals surface area (Å²) in [5.74, 6) is 0.777. The summed E-state index contributed by atoms with van der Waals surface area (Å²) in [5, 5.41) is 3.47. The minimum Gasteiger partial charge on any atom is -0.489 e. The van der Waals surface area contributed by atoms with Crippen molar-refractivity contribution in [1.29, 1.82) is 0 Å². The molecule has 148 valence electrons. The third kappa shape index (κ3) is 5.44. The van der Waals surface area contributed by atoms with Crippen LogP contribution >= 0.6 is 24.8 Å².